The van der Waals surface area contributed by atoms with Gasteiger partial charge in [0.25, 0.3) is 0 Å². The Kier molecular flexibility index (Phi) is 7.99. The SMILES string of the molecule is O=C(CN1CCC(C(=O)N2CCCCCC2)CC1)Nc1ccccc1S(=O)(=O)C(F)F. The molecule has 0 unspecified atom stereocenters. The number of nitrogens with zero attached hydrogens (tertiary/aromatic N) is 2. The Morgan fingerprint density at radius 3 is 2.23 bits per heavy atom. The molecule has 0 spiro atoms. The van der Waals surface area contributed by atoms with E-state index in [1.807, 2.05) is 9.80 Å². The number of rotatable bonds is 6. The van der Waals surface area contributed by atoms with E-state index in [2.05, 4.69) is 5.32 Å². The number of halogens is 2. The first-order valence-electron chi connectivity index (χ1n) is 10.7. The molecule has 0 bridgehead atoms. The third-order valence-corrected chi connectivity index (χ3v) is 7.36. The molecule has 172 valence electrons. The van der Waals surface area contributed by atoms with Crippen molar-refractivity contribution in [1.29, 1.82) is 0 Å². The number of anilines is 1. The van der Waals surface area contributed by atoms with Gasteiger partial charge < -0.3 is 10.2 Å². The predicted molar refractivity (Wildman–Crippen MR) is 112 cm³/mol. The molecule has 2 saturated heterocycles. The number of sulfone groups is 1. The molecule has 10 heteroatoms. The van der Waals surface area contributed by atoms with Gasteiger partial charge in [0.1, 0.15) is 0 Å². The Hall–Kier alpha value is -2.07. The Bertz CT molecular complexity index is 878. The van der Waals surface area contributed by atoms with Crippen molar-refractivity contribution in [3.8, 4) is 0 Å². The highest BCUT2D eigenvalue weighted by Gasteiger charge is 2.31. The lowest BCUT2D eigenvalue weighted by Crippen LogP contribution is -2.44. The van der Waals surface area contributed by atoms with Gasteiger partial charge in [-0.15, -0.1) is 0 Å². The number of likely N-dealkylation sites (tertiary alicyclic amines) is 2. The van der Waals surface area contributed by atoms with Crippen molar-refractivity contribution < 1.29 is 26.8 Å². The molecule has 1 aromatic carbocycles. The minimum Gasteiger partial charge on any atom is -0.342 e. The number of hydrogen-bond donors (Lipinski definition) is 1. The number of alkyl halides is 2. The van der Waals surface area contributed by atoms with Crippen LogP contribution in [0, 0.1) is 5.92 Å². The van der Waals surface area contributed by atoms with Crippen molar-refractivity contribution in [2.75, 3.05) is 38.0 Å². The van der Waals surface area contributed by atoms with Crippen molar-refractivity contribution in [2.45, 2.75) is 49.2 Å². The van der Waals surface area contributed by atoms with Gasteiger partial charge in [0.2, 0.25) is 21.7 Å². The van der Waals surface area contributed by atoms with E-state index in [1.54, 1.807) is 0 Å². The van der Waals surface area contributed by atoms with Crippen LogP contribution in [0.5, 0.6) is 0 Å². The van der Waals surface area contributed by atoms with E-state index in [-0.39, 0.29) is 24.1 Å². The molecule has 2 heterocycles. The van der Waals surface area contributed by atoms with Crippen LogP contribution < -0.4 is 5.32 Å². The zero-order valence-corrected chi connectivity index (χ0v) is 18.3. The van der Waals surface area contributed by atoms with Gasteiger partial charge in [-0.25, -0.2) is 8.42 Å². The summed E-state index contributed by atoms with van der Waals surface area (Å²) in [5.74, 6) is -3.87. The smallest absolute Gasteiger partial charge is 0.341 e. The summed E-state index contributed by atoms with van der Waals surface area (Å²) < 4.78 is 49.5. The molecule has 0 aliphatic carbocycles. The number of piperidine rings is 1. The average molecular weight is 458 g/mol. The largest absolute Gasteiger partial charge is 0.342 e. The van der Waals surface area contributed by atoms with E-state index >= 15 is 0 Å². The van der Waals surface area contributed by atoms with Crippen LogP contribution in [0.2, 0.25) is 0 Å². The Labute approximate surface area is 181 Å². The van der Waals surface area contributed by atoms with E-state index in [1.165, 1.54) is 31.0 Å². The number of nitrogens with one attached hydrogen (secondary N) is 1. The predicted octanol–water partition coefficient (Wildman–Crippen LogP) is 2.74. The molecule has 7 nitrogen and oxygen atoms in total. The maximum atomic E-state index is 12.9. The van der Waals surface area contributed by atoms with Crippen molar-refractivity contribution in [3.05, 3.63) is 24.3 Å². The summed E-state index contributed by atoms with van der Waals surface area (Å²) in [5, 5.41) is 2.44. The van der Waals surface area contributed by atoms with Gasteiger partial charge in [-0.1, -0.05) is 25.0 Å². The third kappa shape index (κ3) is 6.00. The number of benzene rings is 1. The Morgan fingerprint density at radius 1 is 1.00 bits per heavy atom. The fourth-order valence-corrected chi connectivity index (χ4v) is 5.08. The summed E-state index contributed by atoms with van der Waals surface area (Å²) in [6.07, 6.45) is 5.76. The van der Waals surface area contributed by atoms with E-state index in [0.717, 1.165) is 32.0 Å². The molecule has 2 fully saturated rings. The zero-order chi connectivity index (χ0) is 22.4. The topological polar surface area (TPSA) is 86.8 Å². The van der Waals surface area contributed by atoms with Crippen LogP contribution in [0.25, 0.3) is 0 Å². The molecule has 1 N–H and O–H groups in total. The summed E-state index contributed by atoms with van der Waals surface area (Å²) in [7, 11) is -4.82. The van der Waals surface area contributed by atoms with E-state index in [4.69, 9.17) is 0 Å². The number of hydrogen-bond acceptors (Lipinski definition) is 5. The first-order valence-corrected chi connectivity index (χ1v) is 12.3. The molecule has 1 aromatic rings. The van der Waals surface area contributed by atoms with Crippen LogP contribution in [-0.2, 0) is 19.4 Å². The molecule has 0 radical (unpaired) electrons. The van der Waals surface area contributed by atoms with E-state index in [9.17, 15) is 26.8 Å². The summed E-state index contributed by atoms with van der Waals surface area (Å²) in [6, 6.07) is 5.15. The summed E-state index contributed by atoms with van der Waals surface area (Å²) in [4.78, 5) is 28.5. The quantitative estimate of drug-likeness (QED) is 0.710. The number of para-hydroxylation sites is 1. The Balaban J connectivity index is 1.53. The molecule has 0 aromatic heterocycles. The highest BCUT2D eigenvalue weighted by Crippen LogP contribution is 2.26. The van der Waals surface area contributed by atoms with Crippen LogP contribution >= 0.6 is 0 Å². The molecule has 0 atom stereocenters. The maximum Gasteiger partial charge on any atom is 0.341 e. The highest BCUT2D eigenvalue weighted by molar-refractivity contribution is 7.91. The van der Waals surface area contributed by atoms with Crippen LogP contribution in [-0.4, -0.2) is 68.5 Å². The zero-order valence-electron chi connectivity index (χ0n) is 17.4. The Morgan fingerprint density at radius 2 is 1.61 bits per heavy atom. The number of carbonyl (C=O) groups is 2. The second-order valence-electron chi connectivity index (χ2n) is 8.14. The van der Waals surface area contributed by atoms with Gasteiger partial charge in [-0.2, -0.15) is 8.78 Å². The van der Waals surface area contributed by atoms with Crippen molar-refractivity contribution in [1.82, 2.24) is 9.80 Å². The second kappa shape index (κ2) is 10.5. The molecule has 31 heavy (non-hydrogen) atoms. The summed E-state index contributed by atoms with van der Waals surface area (Å²) >= 11 is 0. The minimum absolute atomic E-state index is 0.00762. The van der Waals surface area contributed by atoms with Gasteiger partial charge in [0.15, 0.2) is 0 Å². The fourth-order valence-electron chi connectivity index (χ4n) is 4.19. The normalized spacial score (nSPS) is 19.3. The number of amides is 2. The summed E-state index contributed by atoms with van der Waals surface area (Å²) in [5.41, 5.74) is -0.154. The molecule has 3 rings (SSSR count). The molecule has 2 aliphatic rings. The lowest BCUT2D eigenvalue weighted by atomic mass is 9.95. The second-order valence-corrected chi connectivity index (χ2v) is 10.0. The van der Waals surface area contributed by atoms with Gasteiger partial charge in [0.05, 0.1) is 17.1 Å². The minimum atomic E-state index is -4.82. The fraction of sp³-hybridized carbons (Fsp3) is 0.619. The number of carbonyl (C=O) groups excluding carboxylic acids is 2. The van der Waals surface area contributed by atoms with Gasteiger partial charge in [-0.3, -0.25) is 14.5 Å². The molecule has 0 saturated carbocycles. The summed E-state index contributed by atoms with van der Waals surface area (Å²) in [6.45, 7) is 2.81. The maximum absolute atomic E-state index is 12.9. The van der Waals surface area contributed by atoms with Gasteiger partial charge in [0, 0.05) is 19.0 Å². The van der Waals surface area contributed by atoms with Crippen molar-refractivity contribution >= 4 is 27.3 Å². The average Bonchev–Trinajstić information content (AvgIpc) is 3.03. The molecule has 2 aliphatic heterocycles. The molecular weight excluding hydrogens is 428 g/mol. The lowest BCUT2D eigenvalue weighted by Gasteiger charge is -2.33. The van der Waals surface area contributed by atoms with Gasteiger partial charge in [-0.05, 0) is 50.9 Å². The monoisotopic (exact) mass is 457 g/mol. The molecular formula is C21H29F2N3O4S. The molecule has 2 amide bonds. The van der Waals surface area contributed by atoms with Crippen LogP contribution in [0.4, 0.5) is 14.5 Å². The van der Waals surface area contributed by atoms with Crippen LogP contribution in [0.1, 0.15) is 38.5 Å². The van der Waals surface area contributed by atoms with E-state index < -0.39 is 26.4 Å². The highest BCUT2D eigenvalue weighted by atomic mass is 32.2. The van der Waals surface area contributed by atoms with Gasteiger partial charge >= 0.3 is 5.76 Å². The standard InChI is InChI=1S/C21H29F2N3O4S/c22-21(23)31(29,30)18-8-4-3-7-17(18)24-19(27)15-25-13-9-16(10-14-25)20(28)26-11-5-1-2-6-12-26/h3-4,7-8,16,21H,1-2,5-6,9-15H2,(H,24,27). The lowest BCUT2D eigenvalue weighted by molar-refractivity contribution is -0.137. The van der Waals surface area contributed by atoms with Crippen molar-refractivity contribution in [3.63, 3.8) is 0 Å². The van der Waals surface area contributed by atoms with Crippen LogP contribution in [0.3, 0.4) is 0 Å². The van der Waals surface area contributed by atoms with Crippen molar-refractivity contribution in [2.24, 2.45) is 5.92 Å². The first-order chi connectivity index (χ1) is 14.8. The van der Waals surface area contributed by atoms with Crippen LogP contribution in [0.15, 0.2) is 29.2 Å². The van der Waals surface area contributed by atoms with E-state index in [0.29, 0.717) is 25.9 Å². The third-order valence-electron chi connectivity index (χ3n) is 5.92. The first kappa shape index (κ1) is 23.6.